The minimum Gasteiger partial charge on any atom is -0.479 e. The zero-order valence-electron chi connectivity index (χ0n) is 14.7. The first-order valence-corrected chi connectivity index (χ1v) is 9.10. The minimum absolute atomic E-state index is 0.270. The summed E-state index contributed by atoms with van der Waals surface area (Å²) in [6.07, 6.45) is 1.47. The van der Waals surface area contributed by atoms with Crippen molar-refractivity contribution in [2.75, 3.05) is 5.32 Å². The average Bonchev–Trinajstić information content (AvgIpc) is 3.40. The van der Waals surface area contributed by atoms with E-state index in [4.69, 9.17) is 16.3 Å². The Bertz CT molecular complexity index is 970. The lowest BCUT2D eigenvalue weighted by Gasteiger charge is -2.16. The quantitative estimate of drug-likeness (QED) is 0.701. The van der Waals surface area contributed by atoms with Gasteiger partial charge in [-0.05, 0) is 54.5 Å². The van der Waals surface area contributed by atoms with E-state index in [2.05, 4.69) is 20.8 Å². The first-order valence-electron chi connectivity index (χ1n) is 8.72. The molecule has 1 aliphatic carbocycles. The molecule has 138 valence electrons. The molecule has 1 N–H and O–H groups in total. The number of ether oxygens (including phenoxy) is 1. The van der Waals surface area contributed by atoms with E-state index in [9.17, 15) is 4.79 Å². The normalized spacial score (nSPS) is 14.6. The molecule has 1 saturated carbocycles. The van der Waals surface area contributed by atoms with Crippen molar-refractivity contribution in [3.05, 3.63) is 53.6 Å². The van der Waals surface area contributed by atoms with Crippen molar-refractivity contribution in [3.63, 3.8) is 0 Å². The first kappa shape index (κ1) is 17.5. The fourth-order valence-electron chi connectivity index (χ4n) is 2.71. The Labute approximate surface area is 161 Å². The summed E-state index contributed by atoms with van der Waals surface area (Å²) in [5.74, 6) is 0.905. The van der Waals surface area contributed by atoms with Gasteiger partial charge in [-0.3, -0.25) is 4.79 Å². The largest absolute Gasteiger partial charge is 0.479 e. The molecule has 0 saturated heterocycles. The smallest absolute Gasteiger partial charge is 0.265 e. The van der Waals surface area contributed by atoms with Gasteiger partial charge in [0, 0.05) is 11.3 Å². The summed E-state index contributed by atoms with van der Waals surface area (Å²) < 4.78 is 7.50. The van der Waals surface area contributed by atoms with Crippen LogP contribution in [0.5, 0.6) is 5.75 Å². The van der Waals surface area contributed by atoms with Gasteiger partial charge in [-0.25, -0.2) is 4.68 Å². The summed E-state index contributed by atoms with van der Waals surface area (Å²) >= 11 is 6.08. The molecule has 1 aliphatic rings. The molecule has 1 unspecified atom stereocenters. The predicted molar refractivity (Wildman–Crippen MR) is 102 cm³/mol. The van der Waals surface area contributed by atoms with Crippen LogP contribution in [0.2, 0.25) is 5.02 Å². The number of hydrogen-bond acceptors (Lipinski definition) is 5. The van der Waals surface area contributed by atoms with Crippen molar-refractivity contribution in [1.82, 2.24) is 20.2 Å². The predicted octanol–water partition coefficient (Wildman–Crippen LogP) is 3.73. The number of aromatic nitrogens is 4. The fourth-order valence-corrected chi connectivity index (χ4v) is 2.89. The summed E-state index contributed by atoms with van der Waals surface area (Å²) in [7, 11) is 0. The topological polar surface area (TPSA) is 81.9 Å². The number of benzene rings is 2. The number of halogens is 1. The van der Waals surface area contributed by atoms with Crippen LogP contribution in [0.3, 0.4) is 0 Å². The van der Waals surface area contributed by atoms with Crippen LogP contribution in [-0.4, -0.2) is 32.2 Å². The molecule has 1 aromatic heterocycles. The van der Waals surface area contributed by atoms with E-state index in [1.54, 1.807) is 31.2 Å². The molecule has 1 heterocycles. The Hall–Kier alpha value is -2.93. The van der Waals surface area contributed by atoms with E-state index in [1.165, 1.54) is 0 Å². The van der Waals surface area contributed by atoms with E-state index >= 15 is 0 Å². The first-order chi connectivity index (χ1) is 13.1. The zero-order chi connectivity index (χ0) is 18.8. The van der Waals surface area contributed by atoms with E-state index < -0.39 is 6.10 Å². The monoisotopic (exact) mass is 383 g/mol. The molecule has 1 atom stereocenters. The van der Waals surface area contributed by atoms with Crippen LogP contribution < -0.4 is 10.1 Å². The molecule has 0 spiro atoms. The van der Waals surface area contributed by atoms with Gasteiger partial charge in [-0.15, -0.1) is 5.10 Å². The van der Waals surface area contributed by atoms with Gasteiger partial charge in [0.25, 0.3) is 5.91 Å². The molecule has 0 aliphatic heterocycles. The number of rotatable bonds is 6. The summed E-state index contributed by atoms with van der Waals surface area (Å²) in [6, 6.07) is 14.9. The number of hydrogen-bond donors (Lipinski definition) is 1. The van der Waals surface area contributed by atoms with Crippen molar-refractivity contribution in [3.8, 4) is 17.1 Å². The number of para-hydroxylation sites is 1. The minimum atomic E-state index is -0.703. The third-order valence-corrected chi connectivity index (χ3v) is 4.60. The highest BCUT2D eigenvalue weighted by Crippen LogP contribution is 2.36. The summed E-state index contributed by atoms with van der Waals surface area (Å²) in [4.78, 5) is 12.5. The summed E-state index contributed by atoms with van der Waals surface area (Å²) in [5, 5.41) is 15.3. The number of nitrogens with zero attached hydrogens (tertiary/aromatic N) is 4. The molecule has 1 amide bonds. The molecule has 4 rings (SSSR count). The standard InChI is InChI=1S/C19H18ClN5O2/c1-12(27-17-8-3-2-7-16(17)20)19(26)21-14-6-4-5-13(11-14)18-22-23-24-25(18)15-9-10-15/h2-8,11-12,15H,9-10H2,1H3,(H,21,26). The third-order valence-electron chi connectivity index (χ3n) is 4.28. The maximum atomic E-state index is 12.5. The Balaban J connectivity index is 1.47. The van der Waals surface area contributed by atoms with Crippen LogP contribution in [-0.2, 0) is 4.79 Å². The fraction of sp³-hybridized carbons (Fsp3) is 0.263. The van der Waals surface area contributed by atoms with E-state index in [0.717, 1.165) is 18.4 Å². The lowest BCUT2D eigenvalue weighted by molar-refractivity contribution is -0.122. The Morgan fingerprint density at radius 3 is 2.85 bits per heavy atom. The maximum absolute atomic E-state index is 12.5. The summed E-state index contributed by atoms with van der Waals surface area (Å²) in [6.45, 7) is 1.68. The van der Waals surface area contributed by atoms with E-state index in [-0.39, 0.29) is 5.91 Å². The van der Waals surface area contributed by atoms with Crippen LogP contribution in [0.1, 0.15) is 25.8 Å². The molecule has 0 radical (unpaired) electrons. The van der Waals surface area contributed by atoms with Crippen molar-refractivity contribution < 1.29 is 9.53 Å². The number of amides is 1. The van der Waals surface area contributed by atoms with E-state index in [0.29, 0.717) is 28.3 Å². The molecule has 8 heteroatoms. The molecule has 7 nitrogen and oxygen atoms in total. The number of carbonyl (C=O) groups is 1. The van der Waals surface area contributed by atoms with E-state index in [1.807, 2.05) is 28.9 Å². The Morgan fingerprint density at radius 2 is 2.07 bits per heavy atom. The van der Waals surface area contributed by atoms with Gasteiger partial charge in [0.2, 0.25) is 0 Å². The number of tetrazole rings is 1. The molecule has 1 fully saturated rings. The zero-order valence-corrected chi connectivity index (χ0v) is 15.4. The van der Waals surface area contributed by atoms with Gasteiger partial charge in [-0.2, -0.15) is 0 Å². The molecule has 27 heavy (non-hydrogen) atoms. The van der Waals surface area contributed by atoms with Crippen molar-refractivity contribution in [1.29, 1.82) is 0 Å². The maximum Gasteiger partial charge on any atom is 0.265 e. The van der Waals surface area contributed by atoms with Gasteiger partial charge in [-0.1, -0.05) is 35.9 Å². The van der Waals surface area contributed by atoms with Crippen LogP contribution in [0.15, 0.2) is 48.5 Å². The molecular formula is C19H18ClN5O2. The Morgan fingerprint density at radius 1 is 1.26 bits per heavy atom. The Kier molecular flexibility index (Phi) is 4.77. The lowest BCUT2D eigenvalue weighted by Crippen LogP contribution is -2.30. The van der Waals surface area contributed by atoms with Crippen molar-refractivity contribution in [2.24, 2.45) is 0 Å². The van der Waals surface area contributed by atoms with Gasteiger partial charge >= 0.3 is 0 Å². The number of carbonyl (C=O) groups excluding carboxylic acids is 1. The van der Waals surface area contributed by atoms with Crippen LogP contribution in [0, 0.1) is 0 Å². The van der Waals surface area contributed by atoms with Crippen LogP contribution >= 0.6 is 11.6 Å². The lowest BCUT2D eigenvalue weighted by atomic mass is 10.2. The summed E-state index contributed by atoms with van der Waals surface area (Å²) in [5.41, 5.74) is 1.50. The van der Waals surface area contributed by atoms with Gasteiger partial charge in [0.05, 0.1) is 11.1 Å². The van der Waals surface area contributed by atoms with Crippen LogP contribution in [0.25, 0.3) is 11.4 Å². The number of nitrogens with one attached hydrogen (secondary N) is 1. The van der Waals surface area contributed by atoms with Gasteiger partial charge in [0.15, 0.2) is 11.9 Å². The second-order valence-corrected chi connectivity index (χ2v) is 6.85. The highest BCUT2D eigenvalue weighted by Gasteiger charge is 2.28. The second-order valence-electron chi connectivity index (χ2n) is 6.44. The SMILES string of the molecule is CC(Oc1ccccc1Cl)C(=O)Nc1cccc(-c2nnnn2C2CC2)c1. The van der Waals surface area contributed by atoms with Crippen molar-refractivity contribution >= 4 is 23.2 Å². The average molecular weight is 384 g/mol. The van der Waals surface area contributed by atoms with Crippen LogP contribution in [0.4, 0.5) is 5.69 Å². The van der Waals surface area contributed by atoms with Gasteiger partial charge < -0.3 is 10.1 Å². The molecule has 0 bridgehead atoms. The number of anilines is 1. The molecule has 3 aromatic rings. The highest BCUT2D eigenvalue weighted by molar-refractivity contribution is 6.32. The third kappa shape index (κ3) is 3.93. The second kappa shape index (κ2) is 7.36. The highest BCUT2D eigenvalue weighted by atomic mass is 35.5. The molecule has 2 aromatic carbocycles. The molecular weight excluding hydrogens is 366 g/mol. The van der Waals surface area contributed by atoms with Crippen molar-refractivity contribution in [2.45, 2.75) is 31.9 Å². The van der Waals surface area contributed by atoms with Gasteiger partial charge in [0.1, 0.15) is 5.75 Å².